The molecule has 2 aromatic rings. The van der Waals surface area contributed by atoms with E-state index >= 15 is 0 Å². The van der Waals surface area contributed by atoms with Gasteiger partial charge in [-0.2, -0.15) is 0 Å². The fraction of sp³-hybridized carbons (Fsp3) is 0.500. The van der Waals surface area contributed by atoms with Crippen molar-refractivity contribution in [3.8, 4) is 0 Å². The van der Waals surface area contributed by atoms with Gasteiger partial charge in [-0.25, -0.2) is 9.37 Å². The third kappa shape index (κ3) is 6.40. The topological polar surface area (TPSA) is 89.6 Å². The molecule has 2 heterocycles. The molecule has 4 rings (SSSR count). The molecular formula is C24H31FN6O2S2. The highest BCUT2D eigenvalue weighted by Crippen LogP contribution is 2.26. The second-order valence-corrected chi connectivity index (χ2v) is 10.9. The molecule has 1 fully saturated rings. The van der Waals surface area contributed by atoms with Crippen LogP contribution in [0.25, 0.3) is 0 Å². The Bertz CT molecular complexity index is 1090. The molecule has 11 heteroatoms. The Morgan fingerprint density at radius 1 is 1.17 bits per heavy atom. The number of amides is 2. The number of hydrogen-bond donors (Lipinski definition) is 3. The summed E-state index contributed by atoms with van der Waals surface area (Å²) in [6, 6.07) is 5.40. The van der Waals surface area contributed by atoms with Crippen molar-refractivity contribution < 1.29 is 14.0 Å². The van der Waals surface area contributed by atoms with Gasteiger partial charge in [0.25, 0.3) is 11.8 Å². The molecule has 1 aliphatic carbocycles. The Morgan fingerprint density at radius 2 is 1.91 bits per heavy atom. The first kappa shape index (κ1) is 25.6. The van der Waals surface area contributed by atoms with Crippen LogP contribution in [0.4, 0.5) is 10.1 Å². The molecule has 1 saturated carbocycles. The van der Waals surface area contributed by atoms with Crippen LogP contribution in [0.5, 0.6) is 0 Å². The van der Waals surface area contributed by atoms with E-state index in [1.54, 1.807) is 0 Å². The van der Waals surface area contributed by atoms with Gasteiger partial charge in [-0.05, 0) is 64.7 Å². The van der Waals surface area contributed by atoms with E-state index in [-0.39, 0.29) is 28.8 Å². The fourth-order valence-corrected chi connectivity index (χ4v) is 5.85. The van der Waals surface area contributed by atoms with Crippen molar-refractivity contribution in [1.29, 1.82) is 0 Å². The number of thiocarbonyl (C=S) groups is 1. The number of aromatic nitrogens is 1. The summed E-state index contributed by atoms with van der Waals surface area (Å²) in [7, 11) is 6.13. The lowest BCUT2D eigenvalue weighted by Crippen LogP contribution is -2.58. The van der Waals surface area contributed by atoms with E-state index in [2.05, 4.69) is 37.8 Å². The van der Waals surface area contributed by atoms with Gasteiger partial charge in [-0.3, -0.25) is 9.59 Å². The van der Waals surface area contributed by atoms with Crippen molar-refractivity contribution in [2.45, 2.75) is 50.4 Å². The predicted molar refractivity (Wildman–Crippen MR) is 139 cm³/mol. The molecule has 2 aliphatic rings. The molecule has 2 amide bonds. The summed E-state index contributed by atoms with van der Waals surface area (Å²) in [6.45, 7) is 1.75. The number of halogens is 1. The van der Waals surface area contributed by atoms with E-state index in [4.69, 9.17) is 12.2 Å². The third-order valence-electron chi connectivity index (χ3n) is 6.61. The Kier molecular flexibility index (Phi) is 8.10. The van der Waals surface area contributed by atoms with Crippen molar-refractivity contribution in [3.63, 3.8) is 0 Å². The SMILES string of the molecule is CN1CCc2nc(C(=O)N[C@@H]3C[C@@H](N(C)C)CC[C@@H]3NC(=S)C(=O)Nc3ccc(F)cc3)sc2C1. The quantitative estimate of drug-likeness (QED) is 0.524. The van der Waals surface area contributed by atoms with Gasteiger partial charge >= 0.3 is 0 Å². The molecule has 1 aromatic heterocycles. The van der Waals surface area contributed by atoms with E-state index in [0.717, 1.165) is 49.3 Å². The van der Waals surface area contributed by atoms with E-state index in [0.29, 0.717) is 16.7 Å². The number of hydrogen-bond acceptors (Lipinski definition) is 7. The molecule has 0 radical (unpaired) electrons. The lowest BCUT2D eigenvalue weighted by Gasteiger charge is -2.39. The highest BCUT2D eigenvalue weighted by molar-refractivity contribution is 7.82. The number of benzene rings is 1. The lowest BCUT2D eigenvalue weighted by atomic mass is 9.86. The normalized spacial score (nSPS) is 22.4. The number of rotatable bonds is 5. The van der Waals surface area contributed by atoms with E-state index in [9.17, 15) is 14.0 Å². The molecule has 3 N–H and O–H groups in total. The van der Waals surface area contributed by atoms with E-state index < -0.39 is 5.91 Å². The zero-order chi connectivity index (χ0) is 25.1. The minimum Gasteiger partial charge on any atom is -0.367 e. The van der Waals surface area contributed by atoms with Crippen LogP contribution in [-0.4, -0.2) is 77.4 Å². The van der Waals surface area contributed by atoms with Crippen LogP contribution in [0.15, 0.2) is 24.3 Å². The van der Waals surface area contributed by atoms with Gasteiger partial charge in [0.1, 0.15) is 5.82 Å². The molecular weight excluding hydrogens is 487 g/mol. The van der Waals surface area contributed by atoms with Crippen LogP contribution >= 0.6 is 23.6 Å². The summed E-state index contributed by atoms with van der Waals surface area (Å²) < 4.78 is 13.1. The summed E-state index contributed by atoms with van der Waals surface area (Å²) >= 11 is 6.81. The van der Waals surface area contributed by atoms with Crippen molar-refractivity contribution in [2.75, 3.05) is 33.0 Å². The fourth-order valence-electron chi connectivity index (χ4n) is 4.56. The number of nitrogens with zero attached hydrogens (tertiary/aromatic N) is 3. The Balaban J connectivity index is 1.42. The summed E-state index contributed by atoms with van der Waals surface area (Å²) in [5, 5.41) is 9.48. The maximum Gasteiger partial charge on any atom is 0.283 e. The van der Waals surface area contributed by atoms with Crippen molar-refractivity contribution in [1.82, 2.24) is 25.4 Å². The minimum absolute atomic E-state index is 0.0367. The maximum atomic E-state index is 13.2. The highest BCUT2D eigenvalue weighted by atomic mass is 32.1. The number of fused-ring (bicyclic) bond motifs is 1. The average Bonchev–Trinajstić information content (AvgIpc) is 3.25. The Hall–Kier alpha value is -2.47. The number of anilines is 1. The van der Waals surface area contributed by atoms with Gasteiger partial charge in [0.15, 0.2) is 10.00 Å². The van der Waals surface area contributed by atoms with Crippen molar-refractivity contribution >= 4 is 46.0 Å². The van der Waals surface area contributed by atoms with Crippen molar-refractivity contribution in [2.24, 2.45) is 0 Å². The van der Waals surface area contributed by atoms with Crippen LogP contribution < -0.4 is 16.0 Å². The van der Waals surface area contributed by atoms with Gasteiger partial charge in [0.2, 0.25) is 0 Å². The average molecular weight is 519 g/mol. The number of nitrogens with one attached hydrogen (secondary N) is 3. The number of carbonyl (C=O) groups excluding carboxylic acids is 2. The molecule has 0 saturated heterocycles. The van der Waals surface area contributed by atoms with E-state index in [1.165, 1.54) is 35.6 Å². The molecule has 8 nitrogen and oxygen atoms in total. The first-order chi connectivity index (χ1) is 16.7. The first-order valence-electron chi connectivity index (χ1n) is 11.7. The van der Waals surface area contributed by atoms with Crippen LogP contribution in [-0.2, 0) is 17.8 Å². The van der Waals surface area contributed by atoms with Crippen LogP contribution in [0.1, 0.15) is 39.6 Å². The molecule has 1 aromatic carbocycles. The molecule has 188 valence electrons. The minimum atomic E-state index is -0.469. The van der Waals surface area contributed by atoms with Gasteiger partial charge in [0, 0.05) is 42.2 Å². The molecule has 3 atom stereocenters. The molecule has 35 heavy (non-hydrogen) atoms. The Labute approximate surface area is 214 Å². The highest BCUT2D eigenvalue weighted by Gasteiger charge is 2.34. The number of likely N-dealkylation sites (N-methyl/N-ethyl adjacent to an activating group) is 1. The predicted octanol–water partition coefficient (Wildman–Crippen LogP) is 2.41. The largest absolute Gasteiger partial charge is 0.367 e. The monoisotopic (exact) mass is 518 g/mol. The zero-order valence-electron chi connectivity index (χ0n) is 20.1. The number of carbonyl (C=O) groups is 2. The van der Waals surface area contributed by atoms with Crippen LogP contribution in [0.3, 0.4) is 0 Å². The smallest absolute Gasteiger partial charge is 0.283 e. The van der Waals surface area contributed by atoms with Crippen LogP contribution in [0.2, 0.25) is 0 Å². The maximum absolute atomic E-state index is 13.2. The third-order valence-corrected chi connectivity index (χ3v) is 7.99. The first-order valence-corrected chi connectivity index (χ1v) is 12.9. The summed E-state index contributed by atoms with van der Waals surface area (Å²) in [5.74, 6) is -1.04. The van der Waals surface area contributed by atoms with Gasteiger partial charge < -0.3 is 25.8 Å². The van der Waals surface area contributed by atoms with E-state index in [1.807, 2.05) is 14.1 Å². The molecule has 0 bridgehead atoms. The summed E-state index contributed by atoms with van der Waals surface area (Å²) in [6.07, 6.45) is 3.24. The molecule has 1 aliphatic heterocycles. The second-order valence-electron chi connectivity index (χ2n) is 9.43. The number of thiazole rings is 1. The lowest BCUT2D eigenvalue weighted by molar-refractivity contribution is -0.110. The van der Waals surface area contributed by atoms with Crippen LogP contribution in [0, 0.1) is 5.82 Å². The van der Waals surface area contributed by atoms with Gasteiger partial charge in [-0.15, -0.1) is 11.3 Å². The van der Waals surface area contributed by atoms with Gasteiger partial charge in [-0.1, -0.05) is 12.2 Å². The molecule has 0 spiro atoms. The molecule has 0 unspecified atom stereocenters. The zero-order valence-corrected chi connectivity index (χ0v) is 21.8. The Morgan fingerprint density at radius 3 is 2.63 bits per heavy atom. The summed E-state index contributed by atoms with van der Waals surface area (Å²) in [5.41, 5.74) is 1.47. The standard InChI is InChI=1S/C24H31FN6O2S2/c1-30(2)16-8-9-17(28-23(34)21(32)26-15-6-4-14(25)5-7-15)19(12-16)27-22(33)24-29-18-10-11-31(3)13-20(18)35-24/h4-7,16-17,19H,8-13H2,1-3H3,(H,26,32)(H,27,33)(H,28,34)/t16-,17-,19+/m0/s1. The second kappa shape index (κ2) is 11.1. The van der Waals surface area contributed by atoms with Gasteiger partial charge in [0.05, 0.1) is 11.7 Å². The van der Waals surface area contributed by atoms with Crippen molar-refractivity contribution in [3.05, 3.63) is 45.7 Å². The summed E-state index contributed by atoms with van der Waals surface area (Å²) in [4.78, 5) is 35.9.